The van der Waals surface area contributed by atoms with Gasteiger partial charge in [-0.05, 0) is 60.6 Å². The summed E-state index contributed by atoms with van der Waals surface area (Å²) in [5.41, 5.74) is 4.08. The van der Waals surface area contributed by atoms with Crippen LogP contribution >= 0.6 is 23.8 Å². The van der Waals surface area contributed by atoms with Crippen LogP contribution in [0.15, 0.2) is 60.9 Å². The lowest BCUT2D eigenvalue weighted by molar-refractivity contribution is 0.874. The van der Waals surface area contributed by atoms with Gasteiger partial charge in [0, 0.05) is 29.6 Å². The summed E-state index contributed by atoms with van der Waals surface area (Å²) >= 11 is 11.4. The van der Waals surface area contributed by atoms with Crippen molar-refractivity contribution < 1.29 is 0 Å². The first kappa shape index (κ1) is 16.5. The minimum Gasteiger partial charge on any atom is -0.358 e. The summed E-state index contributed by atoms with van der Waals surface area (Å²) in [7, 11) is 0. The number of benzene rings is 2. The molecule has 0 unspecified atom stereocenters. The first-order valence-corrected chi connectivity index (χ1v) is 8.30. The molecule has 1 heterocycles. The second-order valence-corrected chi connectivity index (χ2v) is 6.20. The molecule has 6 heteroatoms. The van der Waals surface area contributed by atoms with Crippen LogP contribution in [0.2, 0.25) is 5.02 Å². The zero-order valence-corrected chi connectivity index (χ0v) is 14.7. The molecule has 2 N–H and O–H groups in total. The molecule has 0 aliphatic rings. The monoisotopic (exact) mass is 356 g/mol. The third-order valence-corrected chi connectivity index (χ3v) is 4.24. The number of aromatic nitrogens is 2. The number of hydrogen-bond acceptors (Lipinski definition) is 2. The van der Waals surface area contributed by atoms with E-state index in [1.54, 1.807) is 6.20 Å². The van der Waals surface area contributed by atoms with Crippen molar-refractivity contribution in [1.29, 1.82) is 0 Å². The zero-order chi connectivity index (χ0) is 16.9. The van der Waals surface area contributed by atoms with E-state index >= 15 is 0 Å². The van der Waals surface area contributed by atoms with Crippen molar-refractivity contribution >= 4 is 34.6 Å². The molecule has 122 valence electrons. The molecule has 0 bridgehead atoms. The van der Waals surface area contributed by atoms with Crippen LogP contribution in [-0.4, -0.2) is 14.9 Å². The minimum atomic E-state index is 0.561. The summed E-state index contributed by atoms with van der Waals surface area (Å²) in [4.78, 5) is 0. The minimum absolute atomic E-state index is 0.561. The predicted molar refractivity (Wildman–Crippen MR) is 103 cm³/mol. The Morgan fingerprint density at radius 2 is 2.00 bits per heavy atom. The number of halogens is 1. The van der Waals surface area contributed by atoms with Crippen molar-refractivity contribution in [3.8, 4) is 5.69 Å². The number of anilines is 1. The van der Waals surface area contributed by atoms with E-state index in [9.17, 15) is 0 Å². The molecule has 0 atom stereocenters. The van der Waals surface area contributed by atoms with E-state index in [0.29, 0.717) is 11.7 Å². The fraction of sp³-hybridized carbons (Fsp3) is 0.111. The number of nitrogens with one attached hydrogen (secondary N) is 2. The zero-order valence-electron chi connectivity index (χ0n) is 13.2. The Labute approximate surface area is 151 Å². The van der Waals surface area contributed by atoms with E-state index in [0.717, 1.165) is 27.5 Å². The molecule has 0 aliphatic carbocycles. The van der Waals surface area contributed by atoms with Crippen molar-refractivity contribution in [3.63, 3.8) is 0 Å². The number of thiocarbonyl (C=S) groups is 1. The average molecular weight is 357 g/mol. The molecule has 0 fully saturated rings. The van der Waals surface area contributed by atoms with Crippen LogP contribution in [0.25, 0.3) is 5.69 Å². The van der Waals surface area contributed by atoms with Crippen molar-refractivity contribution in [1.82, 2.24) is 15.1 Å². The third-order valence-electron chi connectivity index (χ3n) is 3.59. The van der Waals surface area contributed by atoms with Crippen LogP contribution in [0.4, 0.5) is 5.69 Å². The van der Waals surface area contributed by atoms with Gasteiger partial charge in [-0.1, -0.05) is 29.8 Å². The van der Waals surface area contributed by atoms with Crippen LogP contribution in [0.3, 0.4) is 0 Å². The average Bonchev–Trinajstić information content (AvgIpc) is 3.11. The highest BCUT2D eigenvalue weighted by Crippen LogP contribution is 2.19. The Balaban J connectivity index is 1.55. The topological polar surface area (TPSA) is 41.9 Å². The van der Waals surface area contributed by atoms with E-state index in [4.69, 9.17) is 23.8 Å². The van der Waals surface area contributed by atoms with Crippen LogP contribution in [0.1, 0.15) is 11.1 Å². The quantitative estimate of drug-likeness (QED) is 0.683. The molecule has 0 saturated heterocycles. The molecule has 0 amide bonds. The van der Waals surface area contributed by atoms with E-state index in [1.165, 1.54) is 0 Å². The Bertz CT molecular complexity index is 829. The summed E-state index contributed by atoms with van der Waals surface area (Å²) < 4.78 is 1.82. The SMILES string of the molecule is Cc1ccc(NC(=S)NCc2ccc(-n3cccn3)cc2)cc1Cl. The maximum absolute atomic E-state index is 6.12. The van der Waals surface area contributed by atoms with Gasteiger partial charge in [-0.25, -0.2) is 4.68 Å². The number of hydrogen-bond donors (Lipinski definition) is 2. The Morgan fingerprint density at radius 3 is 2.67 bits per heavy atom. The highest BCUT2D eigenvalue weighted by atomic mass is 35.5. The molecule has 0 saturated carbocycles. The normalized spacial score (nSPS) is 10.4. The molecule has 0 radical (unpaired) electrons. The molecule has 3 rings (SSSR count). The fourth-order valence-electron chi connectivity index (χ4n) is 2.22. The first-order valence-electron chi connectivity index (χ1n) is 7.52. The standard InChI is InChI=1S/C18H17ClN4S/c1-13-3-6-15(11-17(13)19)22-18(24)20-12-14-4-7-16(8-5-14)23-10-2-9-21-23/h2-11H,12H2,1H3,(H2,20,22,24). The largest absolute Gasteiger partial charge is 0.358 e. The summed E-state index contributed by atoms with van der Waals surface area (Å²) in [6.45, 7) is 2.61. The summed E-state index contributed by atoms with van der Waals surface area (Å²) in [6.07, 6.45) is 3.68. The van der Waals surface area contributed by atoms with Gasteiger partial charge in [0.25, 0.3) is 0 Å². The molecule has 0 aliphatic heterocycles. The smallest absolute Gasteiger partial charge is 0.171 e. The van der Waals surface area contributed by atoms with Crippen LogP contribution in [0, 0.1) is 6.92 Å². The summed E-state index contributed by atoms with van der Waals surface area (Å²) in [6, 6.07) is 15.8. The molecular weight excluding hydrogens is 340 g/mol. The number of nitrogens with zero attached hydrogens (tertiary/aromatic N) is 2. The maximum Gasteiger partial charge on any atom is 0.171 e. The van der Waals surface area contributed by atoms with Crippen molar-refractivity contribution in [2.24, 2.45) is 0 Å². The lowest BCUT2D eigenvalue weighted by Gasteiger charge is -2.12. The van der Waals surface area contributed by atoms with Gasteiger partial charge in [0.05, 0.1) is 5.69 Å². The van der Waals surface area contributed by atoms with E-state index in [1.807, 2.05) is 54.2 Å². The molecule has 3 aromatic rings. The Hall–Kier alpha value is -2.37. The third kappa shape index (κ3) is 4.13. The highest BCUT2D eigenvalue weighted by molar-refractivity contribution is 7.80. The second-order valence-electron chi connectivity index (χ2n) is 5.39. The second kappa shape index (κ2) is 7.47. The summed E-state index contributed by atoms with van der Waals surface area (Å²) in [5, 5.41) is 11.8. The first-order chi connectivity index (χ1) is 11.6. The van der Waals surface area contributed by atoms with Crippen molar-refractivity contribution in [2.75, 3.05) is 5.32 Å². The van der Waals surface area contributed by atoms with Crippen LogP contribution in [0.5, 0.6) is 0 Å². The van der Waals surface area contributed by atoms with Gasteiger partial charge in [-0.3, -0.25) is 0 Å². The van der Waals surface area contributed by atoms with Gasteiger partial charge in [-0.2, -0.15) is 5.10 Å². The molecule has 0 spiro atoms. The van der Waals surface area contributed by atoms with Gasteiger partial charge in [0.1, 0.15) is 0 Å². The molecule has 1 aromatic heterocycles. The van der Waals surface area contributed by atoms with Gasteiger partial charge in [0.2, 0.25) is 0 Å². The van der Waals surface area contributed by atoms with Gasteiger partial charge < -0.3 is 10.6 Å². The predicted octanol–water partition coefficient (Wildman–Crippen LogP) is 4.32. The molecule has 2 aromatic carbocycles. The Kier molecular flexibility index (Phi) is 5.13. The number of aryl methyl sites for hydroxylation is 1. The van der Waals surface area contributed by atoms with Gasteiger partial charge >= 0.3 is 0 Å². The number of rotatable bonds is 4. The molecule has 24 heavy (non-hydrogen) atoms. The van der Waals surface area contributed by atoms with E-state index in [-0.39, 0.29) is 0 Å². The van der Waals surface area contributed by atoms with E-state index in [2.05, 4.69) is 27.9 Å². The van der Waals surface area contributed by atoms with Crippen molar-refractivity contribution in [3.05, 3.63) is 77.1 Å². The highest BCUT2D eigenvalue weighted by Gasteiger charge is 2.02. The van der Waals surface area contributed by atoms with Crippen LogP contribution in [-0.2, 0) is 6.54 Å². The summed E-state index contributed by atoms with van der Waals surface area (Å²) in [5.74, 6) is 0. The van der Waals surface area contributed by atoms with Gasteiger partial charge in [0.15, 0.2) is 5.11 Å². The molecule has 4 nitrogen and oxygen atoms in total. The Morgan fingerprint density at radius 1 is 1.21 bits per heavy atom. The van der Waals surface area contributed by atoms with Gasteiger partial charge in [-0.15, -0.1) is 0 Å². The maximum atomic E-state index is 6.12. The fourth-order valence-corrected chi connectivity index (χ4v) is 2.59. The lowest BCUT2D eigenvalue weighted by atomic mass is 10.2. The van der Waals surface area contributed by atoms with E-state index < -0.39 is 0 Å². The van der Waals surface area contributed by atoms with Crippen LogP contribution < -0.4 is 10.6 Å². The van der Waals surface area contributed by atoms with Crippen molar-refractivity contribution in [2.45, 2.75) is 13.5 Å². The molecular formula is C18H17ClN4S. The lowest BCUT2D eigenvalue weighted by Crippen LogP contribution is -2.27.